The molecular formula is C26H40FN5O3. The molecule has 0 spiro atoms. The van der Waals surface area contributed by atoms with Crippen molar-refractivity contribution in [3.63, 3.8) is 0 Å². The van der Waals surface area contributed by atoms with Gasteiger partial charge in [0.15, 0.2) is 5.78 Å². The monoisotopic (exact) mass is 489 g/mol. The van der Waals surface area contributed by atoms with E-state index in [0.29, 0.717) is 13.1 Å². The van der Waals surface area contributed by atoms with E-state index in [1.807, 2.05) is 6.20 Å². The van der Waals surface area contributed by atoms with Crippen LogP contribution >= 0.6 is 0 Å². The normalized spacial score (nSPS) is 41.9. The number of nitrogens with one attached hydrogen (secondary N) is 1. The lowest BCUT2D eigenvalue weighted by Gasteiger charge is -2.60. The summed E-state index contributed by atoms with van der Waals surface area (Å²) >= 11 is 0. The van der Waals surface area contributed by atoms with E-state index >= 15 is 4.39 Å². The minimum Gasteiger partial charge on any atom is -0.369 e. The van der Waals surface area contributed by atoms with Crippen molar-refractivity contribution in [2.24, 2.45) is 11.7 Å². The molecular weight excluding hydrogens is 449 g/mol. The third kappa shape index (κ3) is 4.32. The van der Waals surface area contributed by atoms with Gasteiger partial charge in [-0.2, -0.15) is 0 Å². The molecule has 5 fully saturated rings. The first-order valence-corrected chi connectivity index (χ1v) is 13.8. The Morgan fingerprint density at radius 3 is 2.69 bits per heavy atom. The van der Waals surface area contributed by atoms with Crippen molar-refractivity contribution in [1.82, 2.24) is 20.0 Å². The van der Waals surface area contributed by atoms with E-state index in [1.165, 1.54) is 12.8 Å². The number of alkyl halides is 1. The number of ether oxygens (including phenoxy) is 1. The van der Waals surface area contributed by atoms with Crippen LogP contribution in [0.2, 0.25) is 0 Å². The molecule has 3 N–H and O–H groups in total. The van der Waals surface area contributed by atoms with E-state index in [1.54, 1.807) is 0 Å². The number of rotatable bonds is 5. The minimum absolute atomic E-state index is 0.0126. The van der Waals surface area contributed by atoms with E-state index < -0.39 is 12.1 Å². The van der Waals surface area contributed by atoms with Crippen LogP contribution in [0.3, 0.4) is 0 Å². The zero-order valence-electron chi connectivity index (χ0n) is 20.6. The Bertz CT molecular complexity index is 864. The number of halogens is 1. The topological polar surface area (TPSA) is 91.1 Å². The third-order valence-electron chi connectivity index (χ3n) is 9.38. The molecule has 194 valence electrons. The molecule has 4 heterocycles. The molecule has 2 saturated carbocycles. The van der Waals surface area contributed by atoms with Gasteiger partial charge in [0.25, 0.3) is 5.91 Å². The number of ketones is 1. The Kier molecular flexibility index (Phi) is 6.62. The van der Waals surface area contributed by atoms with Gasteiger partial charge >= 0.3 is 0 Å². The second kappa shape index (κ2) is 9.72. The van der Waals surface area contributed by atoms with E-state index in [-0.39, 0.29) is 60.1 Å². The van der Waals surface area contributed by atoms with Crippen molar-refractivity contribution >= 4 is 11.7 Å². The fourth-order valence-electron chi connectivity index (χ4n) is 7.68. The Labute approximate surface area is 207 Å². The van der Waals surface area contributed by atoms with Crippen molar-refractivity contribution in [3.8, 4) is 0 Å². The molecule has 9 heteroatoms. The molecule has 0 radical (unpaired) electrons. The molecule has 4 aliphatic heterocycles. The smallest absolute Gasteiger partial charge is 0.256 e. The molecule has 0 aromatic carbocycles. The predicted molar refractivity (Wildman–Crippen MR) is 129 cm³/mol. The van der Waals surface area contributed by atoms with Gasteiger partial charge in [0.1, 0.15) is 6.17 Å². The van der Waals surface area contributed by atoms with Crippen LogP contribution in [0.4, 0.5) is 4.39 Å². The molecule has 8 atom stereocenters. The summed E-state index contributed by atoms with van der Waals surface area (Å²) in [5, 5.41) is 2.98. The van der Waals surface area contributed by atoms with Gasteiger partial charge in [-0.15, -0.1) is 0 Å². The highest BCUT2D eigenvalue weighted by molar-refractivity contribution is 6.20. The molecule has 6 aliphatic rings. The van der Waals surface area contributed by atoms with Gasteiger partial charge in [-0.3, -0.25) is 14.5 Å². The zero-order chi connectivity index (χ0) is 24.1. The van der Waals surface area contributed by atoms with Crippen LogP contribution in [0.15, 0.2) is 11.8 Å². The lowest BCUT2D eigenvalue weighted by molar-refractivity contribution is -0.209. The van der Waals surface area contributed by atoms with Gasteiger partial charge in [-0.05, 0) is 51.6 Å². The molecule has 0 aromatic heterocycles. The first-order valence-electron chi connectivity index (χ1n) is 13.8. The molecule has 8 nitrogen and oxygen atoms in total. The number of likely N-dealkylation sites (tertiary alicyclic amines) is 2. The Morgan fingerprint density at radius 1 is 1.11 bits per heavy atom. The summed E-state index contributed by atoms with van der Waals surface area (Å²) in [6.07, 6.45) is 7.82. The number of hydrogen-bond donors (Lipinski definition) is 2. The standard InChI is InChI=1S/C26H40FN5O3/c27-19-13-17-22-25(23(19)31-11-7-16(28)14-31)35-21-6-2-1-5-20(21)32(22)15-18(24(17)33)26(34)29-8-12-30-9-3-4-10-30/h15-17,19-23,25H,1-14,28H2,(H,29,34)/t16-,17?,19?,20?,21?,22?,23?,25?/m1/s1. The third-order valence-corrected chi connectivity index (χ3v) is 9.38. The summed E-state index contributed by atoms with van der Waals surface area (Å²) in [4.78, 5) is 33.5. The summed E-state index contributed by atoms with van der Waals surface area (Å²) in [5.74, 6) is -1.08. The van der Waals surface area contributed by atoms with E-state index in [4.69, 9.17) is 10.5 Å². The molecule has 35 heavy (non-hydrogen) atoms. The Balaban J connectivity index is 1.26. The number of Topliss-reactive ketones (excluding diaryl/α,β-unsaturated/α-hetero) is 1. The number of fused-ring (bicyclic) bond motifs is 2. The number of hydrogen-bond acceptors (Lipinski definition) is 7. The molecule has 0 bridgehead atoms. The molecule has 1 amide bonds. The van der Waals surface area contributed by atoms with E-state index in [0.717, 1.165) is 58.3 Å². The zero-order valence-corrected chi connectivity index (χ0v) is 20.6. The highest BCUT2D eigenvalue weighted by atomic mass is 19.1. The number of carbonyl (C=O) groups is 2. The van der Waals surface area contributed by atoms with Crippen LogP contribution in [0, 0.1) is 5.92 Å². The number of carbonyl (C=O) groups excluding carboxylic acids is 2. The molecule has 6 rings (SSSR count). The highest BCUT2D eigenvalue weighted by Crippen LogP contribution is 2.47. The van der Waals surface area contributed by atoms with Crippen LogP contribution < -0.4 is 11.1 Å². The SMILES string of the molecule is N[C@@H]1CCN(C2C(F)CC3C(=O)C(C(=O)NCCN4CCCC4)=CN4C5CCCCC5OC2C34)C1. The summed E-state index contributed by atoms with van der Waals surface area (Å²) in [6.45, 7) is 4.91. The first kappa shape index (κ1) is 23.8. The maximum atomic E-state index is 15.8. The number of nitrogens with two attached hydrogens (primary N) is 1. The summed E-state index contributed by atoms with van der Waals surface area (Å²) < 4.78 is 22.5. The lowest BCUT2D eigenvalue weighted by Crippen LogP contribution is -2.73. The summed E-state index contributed by atoms with van der Waals surface area (Å²) in [5.41, 5.74) is 6.37. The summed E-state index contributed by atoms with van der Waals surface area (Å²) in [6, 6.07) is -0.388. The lowest BCUT2D eigenvalue weighted by atomic mass is 9.69. The van der Waals surface area contributed by atoms with Gasteiger partial charge in [-0.1, -0.05) is 12.8 Å². The summed E-state index contributed by atoms with van der Waals surface area (Å²) in [7, 11) is 0. The van der Waals surface area contributed by atoms with Gasteiger partial charge in [0.2, 0.25) is 0 Å². The average molecular weight is 490 g/mol. The van der Waals surface area contributed by atoms with Crippen molar-refractivity contribution < 1.29 is 18.7 Å². The molecule has 7 unspecified atom stereocenters. The maximum absolute atomic E-state index is 15.8. The molecule has 2 aliphatic carbocycles. The second-order valence-electron chi connectivity index (χ2n) is 11.5. The quantitative estimate of drug-likeness (QED) is 0.552. The largest absolute Gasteiger partial charge is 0.369 e. The van der Waals surface area contributed by atoms with Gasteiger partial charge < -0.3 is 25.6 Å². The van der Waals surface area contributed by atoms with E-state index in [9.17, 15) is 9.59 Å². The highest BCUT2D eigenvalue weighted by Gasteiger charge is 2.59. The van der Waals surface area contributed by atoms with Crippen LogP contribution in [0.25, 0.3) is 0 Å². The van der Waals surface area contributed by atoms with Crippen LogP contribution in [0.1, 0.15) is 51.4 Å². The van der Waals surface area contributed by atoms with E-state index in [2.05, 4.69) is 20.0 Å². The van der Waals surface area contributed by atoms with Crippen LogP contribution in [-0.2, 0) is 14.3 Å². The Morgan fingerprint density at radius 2 is 1.91 bits per heavy atom. The van der Waals surface area contributed by atoms with Crippen LogP contribution in [-0.4, -0.2) is 108 Å². The van der Waals surface area contributed by atoms with Crippen molar-refractivity contribution in [2.45, 2.75) is 93.9 Å². The van der Waals surface area contributed by atoms with Gasteiger partial charge in [0.05, 0.1) is 35.9 Å². The minimum atomic E-state index is -1.17. The predicted octanol–water partition coefficient (Wildman–Crippen LogP) is 0.805. The Hall–Kier alpha value is -1.55. The molecule has 0 aromatic rings. The van der Waals surface area contributed by atoms with Crippen molar-refractivity contribution in [3.05, 3.63) is 11.8 Å². The number of nitrogens with zero attached hydrogens (tertiary/aromatic N) is 3. The van der Waals surface area contributed by atoms with Gasteiger partial charge in [-0.25, -0.2) is 4.39 Å². The first-order chi connectivity index (χ1) is 17.0. The molecule has 3 saturated heterocycles. The maximum Gasteiger partial charge on any atom is 0.256 e. The van der Waals surface area contributed by atoms with Gasteiger partial charge in [0, 0.05) is 44.3 Å². The van der Waals surface area contributed by atoms with Crippen molar-refractivity contribution in [2.75, 3.05) is 39.3 Å². The number of morpholine rings is 1. The average Bonchev–Trinajstić information content (AvgIpc) is 3.52. The second-order valence-corrected chi connectivity index (χ2v) is 11.5. The fraction of sp³-hybridized carbons (Fsp3) is 0.846. The van der Waals surface area contributed by atoms with Crippen LogP contribution in [0.5, 0.6) is 0 Å². The fourth-order valence-corrected chi connectivity index (χ4v) is 7.68. The van der Waals surface area contributed by atoms with Crippen molar-refractivity contribution in [1.29, 1.82) is 0 Å². The number of amides is 1.